The lowest BCUT2D eigenvalue weighted by Gasteiger charge is -1.97. The molecule has 0 bridgehead atoms. The van der Waals surface area contributed by atoms with Crippen LogP contribution in [0.5, 0.6) is 0 Å². The summed E-state index contributed by atoms with van der Waals surface area (Å²) in [5, 5.41) is 0. The highest BCUT2D eigenvalue weighted by Gasteiger charge is 1.97. The first-order valence-corrected chi connectivity index (χ1v) is 9.20. The number of para-hydroxylation sites is 2. The molecule has 2 N–H and O–H groups in total. The predicted molar refractivity (Wildman–Crippen MR) is 118 cm³/mol. The van der Waals surface area contributed by atoms with E-state index in [0.717, 1.165) is 34.2 Å². The third-order valence-corrected chi connectivity index (χ3v) is 4.08. The van der Waals surface area contributed by atoms with Crippen molar-refractivity contribution in [2.24, 2.45) is 9.98 Å². The zero-order valence-electron chi connectivity index (χ0n) is 16.1. The van der Waals surface area contributed by atoms with Crippen molar-refractivity contribution < 1.29 is 0 Å². The maximum atomic E-state index is 4.49. The number of benzene rings is 2. The first-order chi connectivity index (χ1) is 13.7. The van der Waals surface area contributed by atoms with Crippen LogP contribution < -0.4 is 0 Å². The Morgan fingerprint density at radius 1 is 0.536 bits per heavy atom. The topological polar surface area (TPSA) is 56.3 Å². The molecule has 2 aromatic heterocycles. The van der Waals surface area contributed by atoms with Crippen molar-refractivity contribution in [1.29, 1.82) is 0 Å². The first-order valence-electron chi connectivity index (χ1n) is 9.20. The minimum atomic E-state index is 0.986. The lowest BCUT2D eigenvalue weighted by atomic mass is 10.3. The third kappa shape index (κ3) is 5.68. The van der Waals surface area contributed by atoms with E-state index in [0.29, 0.717) is 0 Å². The van der Waals surface area contributed by atoms with Gasteiger partial charge in [-0.25, -0.2) is 0 Å². The molecule has 2 heterocycles. The van der Waals surface area contributed by atoms with Gasteiger partial charge in [-0.15, -0.1) is 0 Å². The minimum Gasteiger partial charge on any atom is -0.360 e. The molecule has 0 aliphatic heterocycles. The van der Waals surface area contributed by atoms with Crippen LogP contribution in [0.2, 0.25) is 0 Å². The molecule has 0 amide bonds. The Morgan fingerprint density at radius 2 is 0.929 bits per heavy atom. The Morgan fingerprint density at radius 3 is 1.25 bits per heavy atom. The van der Waals surface area contributed by atoms with Gasteiger partial charge in [0.1, 0.15) is 0 Å². The number of rotatable bonds is 4. The molecule has 0 aliphatic carbocycles. The van der Waals surface area contributed by atoms with E-state index in [9.17, 15) is 0 Å². The summed E-state index contributed by atoms with van der Waals surface area (Å²) >= 11 is 0. The number of H-pyrrole nitrogens is 2. The first kappa shape index (κ1) is 19.1. The van der Waals surface area contributed by atoms with Gasteiger partial charge in [-0.3, -0.25) is 9.98 Å². The highest BCUT2D eigenvalue weighted by atomic mass is 14.8. The zero-order valence-corrected chi connectivity index (χ0v) is 16.1. The second-order valence-corrected chi connectivity index (χ2v) is 6.23. The van der Waals surface area contributed by atoms with Crippen molar-refractivity contribution in [2.75, 3.05) is 0 Å². The molecule has 4 heteroatoms. The molecule has 4 rings (SSSR count). The van der Waals surface area contributed by atoms with Gasteiger partial charge in [0.15, 0.2) is 0 Å². The summed E-state index contributed by atoms with van der Waals surface area (Å²) < 4.78 is 0. The second-order valence-electron chi connectivity index (χ2n) is 6.23. The number of nitrogens with one attached hydrogen (secondary N) is 2. The van der Waals surface area contributed by atoms with Crippen LogP contribution in [-0.2, 0) is 0 Å². The van der Waals surface area contributed by atoms with Crippen LogP contribution >= 0.6 is 0 Å². The molecular weight excluding hydrogens is 344 g/mol. The molecular formula is C24H24N4. The highest BCUT2D eigenvalue weighted by Crippen LogP contribution is 2.13. The average molecular weight is 368 g/mol. The average Bonchev–Trinajstić information content (AvgIpc) is 3.44. The summed E-state index contributed by atoms with van der Waals surface area (Å²) in [4.78, 5) is 15.2. The van der Waals surface area contributed by atoms with Crippen LogP contribution in [0.25, 0.3) is 0 Å². The summed E-state index contributed by atoms with van der Waals surface area (Å²) in [6.07, 6.45) is 3.80. The third-order valence-electron chi connectivity index (χ3n) is 4.08. The Balaban J connectivity index is 0.000000161. The number of aromatic nitrogens is 2. The molecule has 140 valence electrons. The largest absolute Gasteiger partial charge is 0.360 e. The molecule has 2 aromatic carbocycles. The van der Waals surface area contributed by atoms with Gasteiger partial charge in [0, 0.05) is 12.4 Å². The van der Waals surface area contributed by atoms with Gasteiger partial charge in [-0.2, -0.15) is 0 Å². The molecule has 4 aromatic rings. The fraction of sp³-hybridized carbons (Fsp3) is 0.0833. The van der Waals surface area contributed by atoms with Crippen molar-refractivity contribution in [3.63, 3.8) is 0 Å². The lowest BCUT2D eigenvalue weighted by molar-refractivity contribution is 1.34. The highest BCUT2D eigenvalue weighted by molar-refractivity contribution is 5.99. The van der Waals surface area contributed by atoms with Crippen LogP contribution in [0, 0.1) is 0 Å². The van der Waals surface area contributed by atoms with Crippen molar-refractivity contribution in [3.05, 3.63) is 109 Å². The van der Waals surface area contributed by atoms with Gasteiger partial charge in [0.05, 0.1) is 34.2 Å². The van der Waals surface area contributed by atoms with E-state index >= 15 is 0 Å². The van der Waals surface area contributed by atoms with E-state index in [1.165, 1.54) is 0 Å². The molecule has 0 saturated heterocycles. The smallest absolute Gasteiger partial charge is 0.0633 e. The number of hydrogen-bond donors (Lipinski definition) is 2. The van der Waals surface area contributed by atoms with E-state index in [2.05, 4.69) is 20.0 Å². The number of aliphatic imine (C=N–C) groups is 2. The van der Waals surface area contributed by atoms with E-state index in [1.54, 1.807) is 0 Å². The van der Waals surface area contributed by atoms with Gasteiger partial charge < -0.3 is 9.97 Å². The van der Waals surface area contributed by atoms with Crippen LogP contribution in [0.1, 0.15) is 25.2 Å². The number of hydrogen-bond acceptors (Lipinski definition) is 2. The monoisotopic (exact) mass is 368 g/mol. The predicted octanol–water partition coefficient (Wildman–Crippen LogP) is 6.31. The number of aromatic amines is 2. The second kappa shape index (κ2) is 9.88. The van der Waals surface area contributed by atoms with Crippen molar-refractivity contribution >= 4 is 22.8 Å². The lowest BCUT2D eigenvalue weighted by Crippen LogP contribution is -1.92. The maximum Gasteiger partial charge on any atom is 0.0633 e. The Hall–Kier alpha value is -3.66. The fourth-order valence-electron chi connectivity index (χ4n) is 2.62. The summed E-state index contributed by atoms with van der Waals surface area (Å²) in [6.45, 7) is 4.00. The van der Waals surface area contributed by atoms with Crippen molar-refractivity contribution in [3.8, 4) is 0 Å². The molecule has 0 atom stereocenters. The van der Waals surface area contributed by atoms with Gasteiger partial charge in [-0.05, 0) is 62.4 Å². The molecule has 0 radical (unpaired) electrons. The van der Waals surface area contributed by atoms with E-state index in [-0.39, 0.29) is 0 Å². The summed E-state index contributed by atoms with van der Waals surface area (Å²) in [5.74, 6) is 0. The Kier molecular flexibility index (Phi) is 6.74. The fourth-order valence-corrected chi connectivity index (χ4v) is 2.62. The van der Waals surface area contributed by atoms with Crippen molar-refractivity contribution in [2.45, 2.75) is 13.8 Å². The molecule has 0 aliphatic rings. The van der Waals surface area contributed by atoms with Crippen LogP contribution in [0.15, 0.2) is 107 Å². The van der Waals surface area contributed by atoms with Crippen molar-refractivity contribution in [1.82, 2.24) is 9.97 Å². The van der Waals surface area contributed by atoms with Crippen LogP contribution in [-0.4, -0.2) is 21.4 Å². The molecule has 0 fully saturated rings. The summed E-state index contributed by atoms with van der Waals surface area (Å²) in [6, 6.07) is 27.9. The zero-order chi connectivity index (χ0) is 19.6. The van der Waals surface area contributed by atoms with E-state index < -0.39 is 0 Å². The quantitative estimate of drug-likeness (QED) is 0.397. The van der Waals surface area contributed by atoms with Gasteiger partial charge in [0.2, 0.25) is 0 Å². The minimum absolute atomic E-state index is 0.986. The standard InChI is InChI=1S/2C12H12N2/c2*1-10(12-8-5-9-13-12)14-11-6-3-2-4-7-11/h2*2-9,13H,1H3. The van der Waals surface area contributed by atoms with E-state index in [4.69, 9.17) is 0 Å². The SMILES string of the molecule is CC(=Nc1ccccc1)c1ccc[nH]1.CC(=Nc1ccccc1)c1ccc[nH]1. The Bertz CT molecular complexity index is 911. The number of nitrogens with zero attached hydrogens (tertiary/aromatic N) is 2. The molecule has 28 heavy (non-hydrogen) atoms. The molecule has 4 nitrogen and oxygen atoms in total. The van der Waals surface area contributed by atoms with E-state index in [1.807, 2.05) is 111 Å². The molecule has 0 unspecified atom stereocenters. The molecule has 0 saturated carbocycles. The summed E-state index contributed by atoms with van der Waals surface area (Å²) in [5.41, 5.74) is 6.10. The van der Waals surface area contributed by atoms with Gasteiger partial charge >= 0.3 is 0 Å². The van der Waals surface area contributed by atoms with Crippen LogP contribution in [0.3, 0.4) is 0 Å². The van der Waals surface area contributed by atoms with Gasteiger partial charge in [0.25, 0.3) is 0 Å². The van der Waals surface area contributed by atoms with Gasteiger partial charge in [-0.1, -0.05) is 36.4 Å². The summed E-state index contributed by atoms with van der Waals surface area (Å²) in [7, 11) is 0. The van der Waals surface area contributed by atoms with Crippen LogP contribution in [0.4, 0.5) is 11.4 Å². The maximum absolute atomic E-state index is 4.49. The normalized spacial score (nSPS) is 11.6. The Labute approximate surface area is 165 Å². The molecule has 0 spiro atoms.